The molecule has 24 heavy (non-hydrogen) atoms. The van der Waals surface area contributed by atoms with Crippen molar-refractivity contribution >= 4 is 11.6 Å². The van der Waals surface area contributed by atoms with E-state index in [1.54, 1.807) is 6.33 Å². The number of aromatic nitrogens is 7. The highest BCUT2D eigenvalue weighted by molar-refractivity contribution is 5.47. The van der Waals surface area contributed by atoms with E-state index in [9.17, 15) is 0 Å². The first-order valence-electron chi connectivity index (χ1n) is 8.40. The van der Waals surface area contributed by atoms with E-state index in [4.69, 9.17) is 0 Å². The van der Waals surface area contributed by atoms with Crippen LogP contribution in [0.15, 0.2) is 12.4 Å². The van der Waals surface area contributed by atoms with Crippen LogP contribution >= 0.6 is 0 Å². The number of hydrogen-bond donors (Lipinski definition) is 0. The first-order chi connectivity index (χ1) is 11.6. The van der Waals surface area contributed by atoms with Gasteiger partial charge in [-0.2, -0.15) is 19.7 Å². The molecule has 3 aromatic heterocycles. The molecule has 1 aliphatic rings. The Kier molecular flexibility index (Phi) is 3.66. The van der Waals surface area contributed by atoms with Crippen LogP contribution in [0.25, 0.3) is 5.78 Å². The molecule has 0 unspecified atom stereocenters. The van der Waals surface area contributed by atoms with Crippen LogP contribution in [0.1, 0.15) is 30.2 Å². The van der Waals surface area contributed by atoms with Gasteiger partial charge in [0.25, 0.3) is 5.78 Å². The van der Waals surface area contributed by atoms with E-state index in [1.165, 1.54) is 6.42 Å². The van der Waals surface area contributed by atoms with Gasteiger partial charge in [0.1, 0.15) is 23.8 Å². The summed E-state index contributed by atoms with van der Waals surface area (Å²) >= 11 is 0. The highest BCUT2D eigenvalue weighted by atomic mass is 15.4. The molecular weight excluding hydrogens is 304 g/mol. The van der Waals surface area contributed by atoms with Crippen molar-refractivity contribution in [1.29, 1.82) is 0 Å². The lowest BCUT2D eigenvalue weighted by atomic mass is 9.98. The van der Waals surface area contributed by atoms with Crippen LogP contribution in [0.5, 0.6) is 0 Å². The van der Waals surface area contributed by atoms with E-state index < -0.39 is 0 Å². The summed E-state index contributed by atoms with van der Waals surface area (Å²) in [6, 6.07) is 2.09. The first-order valence-corrected chi connectivity index (χ1v) is 8.40. The predicted molar refractivity (Wildman–Crippen MR) is 90.0 cm³/mol. The van der Waals surface area contributed by atoms with Crippen molar-refractivity contribution in [2.45, 2.75) is 40.2 Å². The van der Waals surface area contributed by atoms with Gasteiger partial charge in [0, 0.05) is 31.4 Å². The highest BCUT2D eigenvalue weighted by Gasteiger charge is 2.24. The van der Waals surface area contributed by atoms with E-state index in [-0.39, 0.29) is 0 Å². The Morgan fingerprint density at radius 3 is 2.88 bits per heavy atom. The molecule has 8 heteroatoms. The number of nitrogens with zero attached hydrogens (tertiary/aromatic N) is 8. The van der Waals surface area contributed by atoms with Crippen LogP contribution in [0, 0.1) is 26.7 Å². The Morgan fingerprint density at radius 1 is 1.21 bits per heavy atom. The van der Waals surface area contributed by atoms with Gasteiger partial charge >= 0.3 is 0 Å². The third-order valence-corrected chi connectivity index (χ3v) is 4.60. The summed E-state index contributed by atoms with van der Waals surface area (Å²) in [6.45, 7) is 8.89. The van der Waals surface area contributed by atoms with Gasteiger partial charge in [-0.25, -0.2) is 14.6 Å². The van der Waals surface area contributed by atoms with Gasteiger partial charge in [0.15, 0.2) is 0 Å². The lowest BCUT2D eigenvalue weighted by Crippen LogP contribution is -2.38. The molecule has 1 saturated heterocycles. The fourth-order valence-corrected chi connectivity index (χ4v) is 3.54. The summed E-state index contributed by atoms with van der Waals surface area (Å²) in [4.78, 5) is 15.5. The monoisotopic (exact) mass is 326 g/mol. The van der Waals surface area contributed by atoms with Crippen molar-refractivity contribution in [2.24, 2.45) is 5.92 Å². The minimum absolute atomic E-state index is 0.547. The normalized spacial score (nSPS) is 18.5. The van der Waals surface area contributed by atoms with Gasteiger partial charge in [-0.15, -0.1) is 0 Å². The quantitative estimate of drug-likeness (QED) is 0.727. The van der Waals surface area contributed by atoms with Crippen molar-refractivity contribution in [1.82, 2.24) is 34.3 Å². The van der Waals surface area contributed by atoms with E-state index in [1.807, 2.05) is 30.0 Å². The van der Waals surface area contributed by atoms with Gasteiger partial charge in [0.05, 0.1) is 0 Å². The van der Waals surface area contributed by atoms with Crippen LogP contribution < -0.4 is 4.90 Å². The summed E-state index contributed by atoms with van der Waals surface area (Å²) in [5.41, 5.74) is 0.968. The SMILES string of the molecule is Cc1cc(N2CCC[C@@H](Cn3nc(C)nc3C)C2)n2ncnc2n1. The van der Waals surface area contributed by atoms with Gasteiger partial charge in [-0.3, -0.25) is 0 Å². The molecule has 126 valence electrons. The number of hydrogen-bond acceptors (Lipinski definition) is 6. The molecule has 0 radical (unpaired) electrons. The van der Waals surface area contributed by atoms with Crippen LogP contribution in [-0.2, 0) is 6.54 Å². The van der Waals surface area contributed by atoms with Gasteiger partial charge in [0.2, 0.25) is 0 Å². The number of anilines is 1. The van der Waals surface area contributed by atoms with E-state index in [0.717, 1.165) is 49.2 Å². The van der Waals surface area contributed by atoms with Gasteiger partial charge in [-0.05, 0) is 39.5 Å². The second-order valence-electron chi connectivity index (χ2n) is 6.57. The van der Waals surface area contributed by atoms with Crippen LogP contribution in [0.4, 0.5) is 5.82 Å². The average molecular weight is 326 g/mol. The number of aryl methyl sites for hydroxylation is 3. The Balaban J connectivity index is 1.58. The molecule has 0 spiro atoms. The lowest BCUT2D eigenvalue weighted by molar-refractivity contribution is 0.346. The summed E-state index contributed by atoms with van der Waals surface area (Å²) in [5, 5.41) is 8.84. The molecule has 8 nitrogen and oxygen atoms in total. The molecule has 1 atom stereocenters. The molecule has 1 fully saturated rings. The zero-order valence-corrected chi connectivity index (χ0v) is 14.3. The van der Waals surface area contributed by atoms with Crippen molar-refractivity contribution in [3.63, 3.8) is 0 Å². The zero-order chi connectivity index (χ0) is 16.7. The first kappa shape index (κ1) is 15.0. The molecule has 0 amide bonds. The average Bonchev–Trinajstić information content (AvgIpc) is 3.13. The second kappa shape index (κ2) is 5.85. The van der Waals surface area contributed by atoms with Crippen LogP contribution in [-0.4, -0.2) is 47.4 Å². The fraction of sp³-hybridized carbons (Fsp3) is 0.562. The molecule has 0 aromatic carbocycles. The Labute approximate surface area is 140 Å². The third-order valence-electron chi connectivity index (χ3n) is 4.60. The Morgan fingerprint density at radius 2 is 2.08 bits per heavy atom. The minimum Gasteiger partial charge on any atom is -0.356 e. The maximum atomic E-state index is 4.51. The van der Waals surface area contributed by atoms with Crippen molar-refractivity contribution < 1.29 is 0 Å². The summed E-state index contributed by atoms with van der Waals surface area (Å²) in [7, 11) is 0. The smallest absolute Gasteiger partial charge is 0.254 e. The summed E-state index contributed by atoms with van der Waals surface area (Å²) in [6.07, 6.45) is 3.93. The topological polar surface area (TPSA) is 77.0 Å². The molecule has 3 aromatic rings. The minimum atomic E-state index is 0.547. The Hall–Kier alpha value is -2.51. The number of rotatable bonds is 3. The van der Waals surface area contributed by atoms with E-state index in [0.29, 0.717) is 11.7 Å². The molecule has 0 aliphatic carbocycles. The second-order valence-corrected chi connectivity index (χ2v) is 6.57. The highest BCUT2D eigenvalue weighted by Crippen LogP contribution is 2.24. The molecular formula is C16H22N8. The van der Waals surface area contributed by atoms with Gasteiger partial charge in [-0.1, -0.05) is 0 Å². The maximum absolute atomic E-state index is 4.51. The molecule has 4 heterocycles. The molecule has 1 aliphatic heterocycles. The Bertz CT molecular complexity index is 864. The van der Waals surface area contributed by atoms with Crippen LogP contribution in [0.3, 0.4) is 0 Å². The molecule has 0 saturated carbocycles. The van der Waals surface area contributed by atoms with E-state index >= 15 is 0 Å². The number of piperidine rings is 1. The predicted octanol–water partition coefficient (Wildman–Crippen LogP) is 1.56. The standard InChI is InChI=1S/C16H22N8/c1-11-7-15(24-16(19-11)17-10-18-24)22-6-4-5-14(8-22)9-23-13(3)20-12(2)21-23/h7,10,14H,4-6,8-9H2,1-3H3/t14-/m1/s1. The van der Waals surface area contributed by atoms with Crippen molar-refractivity contribution in [3.05, 3.63) is 29.7 Å². The van der Waals surface area contributed by atoms with Gasteiger partial charge < -0.3 is 4.90 Å². The van der Waals surface area contributed by atoms with Crippen LogP contribution in [0.2, 0.25) is 0 Å². The van der Waals surface area contributed by atoms with Crippen molar-refractivity contribution in [2.75, 3.05) is 18.0 Å². The lowest BCUT2D eigenvalue weighted by Gasteiger charge is -2.34. The molecule has 0 bridgehead atoms. The molecule has 4 rings (SSSR count). The van der Waals surface area contributed by atoms with Crippen molar-refractivity contribution in [3.8, 4) is 0 Å². The summed E-state index contributed by atoms with van der Waals surface area (Å²) < 4.78 is 3.87. The summed E-state index contributed by atoms with van der Waals surface area (Å²) in [5.74, 6) is 4.11. The third kappa shape index (κ3) is 2.72. The van der Waals surface area contributed by atoms with E-state index in [2.05, 4.69) is 36.1 Å². The fourth-order valence-electron chi connectivity index (χ4n) is 3.54. The number of fused-ring (bicyclic) bond motifs is 1. The largest absolute Gasteiger partial charge is 0.356 e. The zero-order valence-electron chi connectivity index (χ0n) is 14.3. The molecule has 0 N–H and O–H groups in total. The maximum Gasteiger partial charge on any atom is 0.254 e.